The number of nitrogens with zero attached hydrogens (tertiary/aromatic N) is 1. The van der Waals surface area contributed by atoms with Crippen LogP contribution in [0.25, 0.3) is 0 Å². The number of fused-ring (bicyclic) bond motifs is 1. The number of methoxy groups -OCH3 is 1. The lowest BCUT2D eigenvalue weighted by Crippen LogP contribution is -2.31. The van der Waals surface area contributed by atoms with Gasteiger partial charge in [0, 0.05) is 32.4 Å². The van der Waals surface area contributed by atoms with Crippen LogP contribution in [0.5, 0.6) is 0 Å². The largest absolute Gasteiger partial charge is 0.398 e. The Morgan fingerprint density at radius 3 is 2.71 bits per heavy atom. The second-order valence-corrected chi connectivity index (χ2v) is 5.65. The Labute approximate surface area is 126 Å². The lowest BCUT2D eigenvalue weighted by molar-refractivity contribution is 0.181. The summed E-state index contributed by atoms with van der Waals surface area (Å²) in [6, 6.07) is 14.8. The van der Waals surface area contributed by atoms with Crippen LogP contribution in [-0.4, -0.2) is 18.6 Å². The quantitative estimate of drug-likeness (QED) is 0.876. The lowest BCUT2D eigenvalue weighted by Gasteiger charge is -2.30. The summed E-state index contributed by atoms with van der Waals surface area (Å²) in [5.41, 5.74) is 12.4. The zero-order valence-electron chi connectivity index (χ0n) is 12.5. The predicted octanol–water partition coefficient (Wildman–Crippen LogP) is 2.97. The molecule has 3 rings (SSSR count). The molecule has 0 atom stereocenters. The highest BCUT2D eigenvalue weighted by molar-refractivity contribution is 5.51. The van der Waals surface area contributed by atoms with E-state index in [0.29, 0.717) is 6.61 Å². The van der Waals surface area contributed by atoms with Crippen molar-refractivity contribution in [3.05, 3.63) is 64.7 Å². The van der Waals surface area contributed by atoms with Gasteiger partial charge in [0.1, 0.15) is 0 Å². The van der Waals surface area contributed by atoms with Crippen molar-refractivity contribution in [1.82, 2.24) is 4.90 Å². The smallest absolute Gasteiger partial charge is 0.0716 e. The maximum atomic E-state index is 6.13. The van der Waals surface area contributed by atoms with Crippen LogP contribution in [0, 0.1) is 0 Å². The van der Waals surface area contributed by atoms with E-state index in [9.17, 15) is 0 Å². The summed E-state index contributed by atoms with van der Waals surface area (Å²) in [6.07, 6.45) is 1.08. The van der Waals surface area contributed by atoms with Crippen LogP contribution in [0.3, 0.4) is 0 Å². The van der Waals surface area contributed by atoms with Gasteiger partial charge in [0.05, 0.1) is 6.61 Å². The Morgan fingerprint density at radius 1 is 1.10 bits per heavy atom. The van der Waals surface area contributed by atoms with E-state index >= 15 is 0 Å². The number of nitrogens with two attached hydrogens (primary N) is 1. The first kappa shape index (κ1) is 14.1. The van der Waals surface area contributed by atoms with E-state index in [0.717, 1.165) is 31.7 Å². The van der Waals surface area contributed by atoms with E-state index in [4.69, 9.17) is 10.5 Å². The molecule has 2 aromatic carbocycles. The zero-order chi connectivity index (χ0) is 14.7. The molecule has 0 spiro atoms. The van der Waals surface area contributed by atoms with Crippen LogP contribution in [0.1, 0.15) is 22.3 Å². The van der Waals surface area contributed by atoms with Gasteiger partial charge < -0.3 is 10.5 Å². The molecule has 0 unspecified atom stereocenters. The van der Waals surface area contributed by atoms with Crippen molar-refractivity contribution in [1.29, 1.82) is 0 Å². The fraction of sp³-hybridized carbons (Fsp3) is 0.333. The minimum Gasteiger partial charge on any atom is -0.398 e. The summed E-state index contributed by atoms with van der Waals surface area (Å²) in [6.45, 7) is 3.64. The maximum Gasteiger partial charge on any atom is 0.0716 e. The van der Waals surface area contributed by atoms with Crippen LogP contribution in [0.2, 0.25) is 0 Å². The van der Waals surface area contributed by atoms with E-state index in [2.05, 4.69) is 41.3 Å². The molecule has 0 saturated carbocycles. The third kappa shape index (κ3) is 3.09. The SMILES string of the molecule is COCc1ccccc1CN1CCc2cccc(N)c2C1. The average molecular weight is 282 g/mol. The molecule has 0 amide bonds. The van der Waals surface area contributed by atoms with Gasteiger partial charge in [0.25, 0.3) is 0 Å². The number of ether oxygens (including phenoxy) is 1. The van der Waals surface area contributed by atoms with Crippen LogP contribution in [0.15, 0.2) is 42.5 Å². The Hall–Kier alpha value is -1.84. The van der Waals surface area contributed by atoms with E-state index in [1.165, 1.54) is 22.3 Å². The molecule has 0 fully saturated rings. The number of hydrogen-bond donors (Lipinski definition) is 1. The van der Waals surface area contributed by atoms with Crippen molar-refractivity contribution in [3.8, 4) is 0 Å². The maximum absolute atomic E-state index is 6.13. The van der Waals surface area contributed by atoms with E-state index in [1.807, 2.05) is 6.07 Å². The standard InChI is InChI=1S/C18H22N2O/c1-21-13-16-6-3-2-5-15(16)11-20-10-9-14-7-4-8-18(19)17(14)12-20/h2-8H,9-13,19H2,1H3. The van der Waals surface area contributed by atoms with Crippen molar-refractivity contribution in [2.45, 2.75) is 26.1 Å². The van der Waals surface area contributed by atoms with Crippen molar-refractivity contribution < 1.29 is 4.74 Å². The van der Waals surface area contributed by atoms with E-state index in [1.54, 1.807) is 7.11 Å². The Balaban J connectivity index is 1.77. The molecule has 0 radical (unpaired) electrons. The minimum atomic E-state index is 0.669. The molecule has 0 bridgehead atoms. The average Bonchev–Trinajstić information content (AvgIpc) is 2.50. The van der Waals surface area contributed by atoms with Crippen LogP contribution < -0.4 is 5.73 Å². The Bertz CT molecular complexity index is 624. The third-order valence-corrected chi connectivity index (χ3v) is 4.20. The molecule has 110 valence electrons. The molecule has 21 heavy (non-hydrogen) atoms. The van der Waals surface area contributed by atoms with Crippen LogP contribution >= 0.6 is 0 Å². The van der Waals surface area contributed by atoms with Gasteiger partial charge >= 0.3 is 0 Å². The second-order valence-electron chi connectivity index (χ2n) is 5.65. The zero-order valence-corrected chi connectivity index (χ0v) is 12.5. The van der Waals surface area contributed by atoms with Gasteiger partial charge in [-0.05, 0) is 34.7 Å². The van der Waals surface area contributed by atoms with Crippen LogP contribution in [-0.2, 0) is 30.9 Å². The summed E-state index contributed by atoms with van der Waals surface area (Å²) in [4.78, 5) is 2.47. The molecule has 2 N–H and O–H groups in total. The molecular formula is C18H22N2O. The van der Waals surface area contributed by atoms with E-state index < -0.39 is 0 Å². The van der Waals surface area contributed by atoms with Crippen molar-refractivity contribution in [2.75, 3.05) is 19.4 Å². The number of nitrogen functional groups attached to an aromatic ring is 1. The Morgan fingerprint density at radius 2 is 1.90 bits per heavy atom. The number of hydrogen-bond acceptors (Lipinski definition) is 3. The van der Waals surface area contributed by atoms with Gasteiger partial charge in [0.2, 0.25) is 0 Å². The van der Waals surface area contributed by atoms with Gasteiger partial charge in [-0.2, -0.15) is 0 Å². The first-order chi connectivity index (χ1) is 10.3. The predicted molar refractivity (Wildman–Crippen MR) is 85.8 cm³/mol. The van der Waals surface area contributed by atoms with Gasteiger partial charge in [-0.3, -0.25) is 4.90 Å². The first-order valence-electron chi connectivity index (χ1n) is 7.42. The molecule has 1 aliphatic heterocycles. The fourth-order valence-electron chi connectivity index (χ4n) is 3.05. The molecule has 0 aliphatic carbocycles. The molecule has 2 aromatic rings. The van der Waals surface area contributed by atoms with Gasteiger partial charge in [0.15, 0.2) is 0 Å². The molecule has 1 heterocycles. The van der Waals surface area contributed by atoms with E-state index in [-0.39, 0.29) is 0 Å². The number of rotatable bonds is 4. The molecule has 3 heteroatoms. The molecular weight excluding hydrogens is 260 g/mol. The lowest BCUT2D eigenvalue weighted by atomic mass is 9.97. The highest BCUT2D eigenvalue weighted by atomic mass is 16.5. The van der Waals surface area contributed by atoms with Gasteiger partial charge in [-0.25, -0.2) is 0 Å². The summed E-state index contributed by atoms with van der Waals surface area (Å²) < 4.78 is 5.29. The highest BCUT2D eigenvalue weighted by Gasteiger charge is 2.18. The number of benzene rings is 2. The molecule has 1 aliphatic rings. The topological polar surface area (TPSA) is 38.5 Å². The van der Waals surface area contributed by atoms with Gasteiger partial charge in [-0.1, -0.05) is 36.4 Å². The van der Waals surface area contributed by atoms with Crippen LogP contribution in [0.4, 0.5) is 5.69 Å². The summed E-state index contributed by atoms with van der Waals surface area (Å²) >= 11 is 0. The second kappa shape index (κ2) is 6.29. The Kier molecular flexibility index (Phi) is 4.23. The van der Waals surface area contributed by atoms with Crippen molar-refractivity contribution >= 4 is 5.69 Å². The monoisotopic (exact) mass is 282 g/mol. The first-order valence-corrected chi connectivity index (χ1v) is 7.42. The summed E-state index contributed by atoms with van der Waals surface area (Å²) in [7, 11) is 1.74. The minimum absolute atomic E-state index is 0.669. The van der Waals surface area contributed by atoms with Gasteiger partial charge in [-0.15, -0.1) is 0 Å². The summed E-state index contributed by atoms with van der Waals surface area (Å²) in [5.74, 6) is 0. The van der Waals surface area contributed by atoms with Crippen molar-refractivity contribution in [3.63, 3.8) is 0 Å². The molecule has 0 saturated heterocycles. The summed E-state index contributed by atoms with van der Waals surface area (Å²) in [5, 5.41) is 0. The fourth-order valence-corrected chi connectivity index (χ4v) is 3.05. The third-order valence-electron chi connectivity index (χ3n) is 4.20. The van der Waals surface area contributed by atoms with Crippen molar-refractivity contribution in [2.24, 2.45) is 0 Å². The highest BCUT2D eigenvalue weighted by Crippen LogP contribution is 2.25. The normalized spacial score (nSPS) is 14.9. The molecule has 3 nitrogen and oxygen atoms in total. The number of anilines is 1. The molecule has 0 aromatic heterocycles.